The third kappa shape index (κ3) is 3.57. The lowest BCUT2D eigenvalue weighted by atomic mass is 10.1. The van der Waals surface area contributed by atoms with Crippen LogP contribution in [0.4, 0.5) is 9.18 Å². The van der Waals surface area contributed by atoms with Crippen molar-refractivity contribution in [3.63, 3.8) is 0 Å². The van der Waals surface area contributed by atoms with Crippen molar-refractivity contribution in [2.45, 2.75) is 19.5 Å². The molecule has 1 aromatic carbocycles. The number of nitrogens with zero attached hydrogens (tertiary/aromatic N) is 1. The highest BCUT2D eigenvalue weighted by Crippen LogP contribution is 2.19. The summed E-state index contributed by atoms with van der Waals surface area (Å²) >= 11 is 1.61. The number of nitrogens with one attached hydrogen (secondary N) is 1. The molecule has 20 heavy (non-hydrogen) atoms. The van der Waals surface area contributed by atoms with Crippen LogP contribution in [0.2, 0.25) is 0 Å². The molecule has 1 atom stereocenters. The highest BCUT2D eigenvalue weighted by atomic mass is 32.1. The molecule has 0 aliphatic heterocycles. The van der Waals surface area contributed by atoms with Crippen LogP contribution in [0.15, 0.2) is 41.8 Å². The largest absolute Gasteiger partial charge is 0.333 e. The monoisotopic (exact) mass is 292 g/mol. The van der Waals surface area contributed by atoms with Crippen molar-refractivity contribution in [1.82, 2.24) is 10.2 Å². The minimum absolute atomic E-state index is 0.112. The zero-order chi connectivity index (χ0) is 14.5. The first-order chi connectivity index (χ1) is 9.58. The average molecular weight is 292 g/mol. The maximum atomic E-state index is 12.9. The molecule has 1 aromatic heterocycles. The molecule has 0 bridgehead atoms. The summed E-state index contributed by atoms with van der Waals surface area (Å²) in [5.41, 5.74) is 0.903. The molecule has 0 unspecified atom stereocenters. The van der Waals surface area contributed by atoms with E-state index in [4.69, 9.17) is 0 Å². The van der Waals surface area contributed by atoms with E-state index in [1.807, 2.05) is 24.4 Å². The third-order valence-corrected chi connectivity index (χ3v) is 4.12. The maximum Gasteiger partial charge on any atom is 0.317 e. The Bertz CT molecular complexity index is 554. The number of rotatable bonds is 4. The van der Waals surface area contributed by atoms with Gasteiger partial charge in [0.25, 0.3) is 0 Å². The van der Waals surface area contributed by atoms with E-state index in [-0.39, 0.29) is 17.9 Å². The molecule has 2 rings (SSSR count). The first-order valence-electron chi connectivity index (χ1n) is 6.36. The number of benzene rings is 1. The predicted molar refractivity (Wildman–Crippen MR) is 79.1 cm³/mol. The summed E-state index contributed by atoms with van der Waals surface area (Å²) in [6, 6.07) is 9.89. The third-order valence-electron chi connectivity index (χ3n) is 3.25. The minimum Gasteiger partial charge on any atom is -0.333 e. The van der Waals surface area contributed by atoms with Gasteiger partial charge in [-0.25, -0.2) is 9.18 Å². The van der Waals surface area contributed by atoms with E-state index in [0.717, 1.165) is 10.4 Å². The highest BCUT2D eigenvalue weighted by Gasteiger charge is 2.17. The standard InChI is InChI=1S/C15H17FN2OS/c1-11(12-5-7-13(16)8-6-12)18(2)15(19)17-10-14-4-3-9-20-14/h3-9,11H,10H2,1-2H3,(H,17,19)/t11-/m1/s1. The minimum atomic E-state index is -0.272. The smallest absolute Gasteiger partial charge is 0.317 e. The fourth-order valence-electron chi connectivity index (χ4n) is 1.84. The summed E-state index contributed by atoms with van der Waals surface area (Å²) in [5.74, 6) is -0.272. The van der Waals surface area contributed by atoms with E-state index in [1.54, 1.807) is 35.4 Å². The lowest BCUT2D eigenvalue weighted by molar-refractivity contribution is 0.194. The fraction of sp³-hybridized carbons (Fsp3) is 0.267. The second kappa shape index (κ2) is 6.52. The first-order valence-corrected chi connectivity index (χ1v) is 7.24. The molecule has 2 amide bonds. The topological polar surface area (TPSA) is 32.3 Å². The van der Waals surface area contributed by atoms with Crippen molar-refractivity contribution in [3.05, 3.63) is 58.0 Å². The van der Waals surface area contributed by atoms with Crippen molar-refractivity contribution in [2.75, 3.05) is 7.05 Å². The van der Waals surface area contributed by atoms with Gasteiger partial charge in [0, 0.05) is 11.9 Å². The molecule has 0 fully saturated rings. The Kier molecular flexibility index (Phi) is 4.74. The molecular formula is C15H17FN2OS. The zero-order valence-electron chi connectivity index (χ0n) is 11.5. The quantitative estimate of drug-likeness (QED) is 0.913. The summed E-state index contributed by atoms with van der Waals surface area (Å²) in [7, 11) is 1.73. The van der Waals surface area contributed by atoms with Crippen LogP contribution in [0.1, 0.15) is 23.4 Å². The van der Waals surface area contributed by atoms with E-state index in [0.29, 0.717) is 6.54 Å². The van der Waals surface area contributed by atoms with Crippen molar-refractivity contribution >= 4 is 17.4 Å². The first kappa shape index (κ1) is 14.5. The number of amides is 2. The van der Waals surface area contributed by atoms with Crippen LogP contribution in [0, 0.1) is 5.82 Å². The van der Waals surface area contributed by atoms with Gasteiger partial charge >= 0.3 is 6.03 Å². The number of urea groups is 1. The van der Waals surface area contributed by atoms with Gasteiger partial charge in [-0.1, -0.05) is 18.2 Å². The van der Waals surface area contributed by atoms with Crippen LogP contribution >= 0.6 is 11.3 Å². The molecule has 0 saturated heterocycles. The molecule has 1 N–H and O–H groups in total. The van der Waals surface area contributed by atoms with Crippen LogP contribution in [-0.2, 0) is 6.54 Å². The summed E-state index contributed by atoms with van der Waals surface area (Å²) in [4.78, 5) is 14.8. The normalized spacial score (nSPS) is 11.9. The number of thiophene rings is 1. The zero-order valence-corrected chi connectivity index (χ0v) is 12.3. The Morgan fingerprint density at radius 2 is 2.05 bits per heavy atom. The van der Waals surface area contributed by atoms with Crippen molar-refractivity contribution in [3.8, 4) is 0 Å². The van der Waals surface area contributed by atoms with Gasteiger partial charge in [0.15, 0.2) is 0 Å². The number of hydrogen-bond donors (Lipinski definition) is 1. The Hall–Kier alpha value is -1.88. The number of carbonyl (C=O) groups is 1. The van der Waals surface area contributed by atoms with E-state index in [9.17, 15) is 9.18 Å². The van der Waals surface area contributed by atoms with Crippen LogP contribution in [0.25, 0.3) is 0 Å². The molecule has 0 aliphatic carbocycles. The van der Waals surface area contributed by atoms with Gasteiger partial charge in [-0.05, 0) is 36.1 Å². The van der Waals surface area contributed by atoms with Crippen LogP contribution in [0.5, 0.6) is 0 Å². The molecular weight excluding hydrogens is 275 g/mol. The van der Waals surface area contributed by atoms with Gasteiger partial charge in [-0.3, -0.25) is 0 Å². The van der Waals surface area contributed by atoms with Crippen molar-refractivity contribution in [1.29, 1.82) is 0 Å². The lowest BCUT2D eigenvalue weighted by Crippen LogP contribution is -2.38. The molecule has 3 nitrogen and oxygen atoms in total. The van der Waals surface area contributed by atoms with Gasteiger partial charge in [0.05, 0.1) is 12.6 Å². The average Bonchev–Trinajstić information content (AvgIpc) is 2.97. The molecule has 106 valence electrons. The molecule has 0 aliphatic rings. The van der Waals surface area contributed by atoms with E-state index in [1.165, 1.54) is 12.1 Å². The second-order valence-electron chi connectivity index (χ2n) is 4.58. The Morgan fingerprint density at radius 3 is 2.65 bits per heavy atom. The molecule has 2 aromatic rings. The van der Waals surface area contributed by atoms with Gasteiger partial charge in [-0.15, -0.1) is 11.3 Å². The highest BCUT2D eigenvalue weighted by molar-refractivity contribution is 7.09. The van der Waals surface area contributed by atoms with E-state index >= 15 is 0 Å². The lowest BCUT2D eigenvalue weighted by Gasteiger charge is -2.25. The summed E-state index contributed by atoms with van der Waals surface area (Å²) < 4.78 is 12.9. The van der Waals surface area contributed by atoms with Crippen LogP contribution < -0.4 is 5.32 Å². The fourth-order valence-corrected chi connectivity index (χ4v) is 2.49. The number of hydrogen-bond acceptors (Lipinski definition) is 2. The molecule has 0 radical (unpaired) electrons. The predicted octanol–water partition coefficient (Wildman–Crippen LogP) is 3.79. The van der Waals surface area contributed by atoms with Gasteiger partial charge in [-0.2, -0.15) is 0 Å². The molecule has 0 spiro atoms. The Balaban J connectivity index is 1.93. The molecule has 0 saturated carbocycles. The van der Waals surface area contributed by atoms with Crippen LogP contribution in [-0.4, -0.2) is 18.0 Å². The number of halogens is 1. The second-order valence-corrected chi connectivity index (χ2v) is 5.61. The van der Waals surface area contributed by atoms with Gasteiger partial charge in [0.1, 0.15) is 5.82 Å². The SMILES string of the molecule is C[C@H](c1ccc(F)cc1)N(C)C(=O)NCc1cccs1. The number of carbonyl (C=O) groups excluding carboxylic acids is 1. The summed E-state index contributed by atoms with van der Waals surface area (Å²) in [6.07, 6.45) is 0. The van der Waals surface area contributed by atoms with E-state index in [2.05, 4.69) is 5.32 Å². The van der Waals surface area contributed by atoms with Gasteiger partial charge < -0.3 is 10.2 Å². The molecule has 5 heteroatoms. The maximum absolute atomic E-state index is 12.9. The van der Waals surface area contributed by atoms with Crippen molar-refractivity contribution < 1.29 is 9.18 Å². The Morgan fingerprint density at radius 1 is 1.35 bits per heavy atom. The van der Waals surface area contributed by atoms with Crippen molar-refractivity contribution in [2.24, 2.45) is 0 Å². The van der Waals surface area contributed by atoms with Gasteiger partial charge in [0.2, 0.25) is 0 Å². The van der Waals surface area contributed by atoms with Crippen LogP contribution in [0.3, 0.4) is 0 Å². The summed E-state index contributed by atoms with van der Waals surface area (Å²) in [5, 5.41) is 4.85. The summed E-state index contributed by atoms with van der Waals surface area (Å²) in [6.45, 7) is 2.44. The Labute approximate surface area is 122 Å². The molecule has 1 heterocycles. The van der Waals surface area contributed by atoms with E-state index < -0.39 is 0 Å².